The van der Waals surface area contributed by atoms with Crippen LogP contribution in [0.5, 0.6) is 0 Å². The molecule has 210 valence electrons. The van der Waals surface area contributed by atoms with Crippen molar-refractivity contribution in [3.8, 4) is 10.6 Å². The lowest BCUT2D eigenvalue weighted by molar-refractivity contribution is -0.0601. The van der Waals surface area contributed by atoms with Crippen LogP contribution in [0.1, 0.15) is 63.8 Å². The van der Waals surface area contributed by atoms with Crippen molar-refractivity contribution < 1.29 is 20.1 Å². The number of aryl methyl sites for hydroxylation is 2. The Morgan fingerprint density at radius 1 is 1.05 bits per heavy atom. The summed E-state index contributed by atoms with van der Waals surface area (Å²) < 4.78 is 7.25. The Labute approximate surface area is 232 Å². The van der Waals surface area contributed by atoms with Crippen LogP contribution >= 0.6 is 11.3 Å². The maximum atomic E-state index is 10.9. The predicted molar refractivity (Wildman–Crippen MR) is 151 cm³/mol. The van der Waals surface area contributed by atoms with Crippen molar-refractivity contribution in [2.75, 3.05) is 17.2 Å². The molecule has 1 spiro atoms. The molecule has 0 bridgehead atoms. The summed E-state index contributed by atoms with van der Waals surface area (Å²) in [6.45, 7) is 7.83. The Hall–Kier alpha value is -2.44. The van der Waals surface area contributed by atoms with Gasteiger partial charge in [0, 0.05) is 12.1 Å². The summed E-state index contributed by atoms with van der Waals surface area (Å²) in [7, 11) is 0. The van der Waals surface area contributed by atoms with Crippen LogP contribution in [0.2, 0.25) is 0 Å². The molecule has 10 nitrogen and oxygen atoms in total. The summed E-state index contributed by atoms with van der Waals surface area (Å²) in [5.74, 6) is 0.550. The van der Waals surface area contributed by atoms with E-state index in [9.17, 15) is 15.3 Å². The number of ether oxygens (including phenoxy) is 1. The number of anilines is 2. The highest BCUT2D eigenvalue weighted by atomic mass is 32.1. The largest absolute Gasteiger partial charge is 0.390 e. The molecule has 2 aliphatic carbocycles. The molecule has 3 aliphatic rings. The summed E-state index contributed by atoms with van der Waals surface area (Å²) in [4.78, 5) is 19.0. The maximum absolute atomic E-state index is 10.9. The first kappa shape index (κ1) is 26.8. The van der Waals surface area contributed by atoms with Gasteiger partial charge in [0.1, 0.15) is 22.4 Å². The number of pyridine rings is 1. The monoisotopic (exact) mass is 554 g/mol. The first-order chi connectivity index (χ1) is 18.5. The molecule has 2 saturated carbocycles. The first-order valence-corrected chi connectivity index (χ1v) is 14.7. The van der Waals surface area contributed by atoms with Crippen LogP contribution in [0.15, 0.2) is 12.3 Å². The molecule has 3 fully saturated rings. The van der Waals surface area contributed by atoms with E-state index >= 15 is 0 Å². The van der Waals surface area contributed by atoms with E-state index in [2.05, 4.69) is 15.6 Å². The topological polar surface area (TPSA) is 146 Å². The van der Waals surface area contributed by atoms with Gasteiger partial charge in [0.05, 0.1) is 57.6 Å². The van der Waals surface area contributed by atoms with Crippen LogP contribution < -0.4 is 10.6 Å². The lowest BCUT2D eigenvalue weighted by Gasteiger charge is -2.28. The lowest BCUT2D eigenvalue weighted by atomic mass is 9.88. The van der Waals surface area contributed by atoms with E-state index in [0.29, 0.717) is 24.8 Å². The number of fused-ring (bicyclic) bond motifs is 1. The van der Waals surface area contributed by atoms with Gasteiger partial charge in [0.15, 0.2) is 0 Å². The maximum Gasteiger partial charge on any atom is 0.225 e. The predicted octanol–water partition coefficient (Wildman–Crippen LogP) is 3.57. The lowest BCUT2D eigenvalue weighted by Crippen LogP contribution is -2.40. The summed E-state index contributed by atoms with van der Waals surface area (Å²) in [5, 5.41) is 39.9. The van der Waals surface area contributed by atoms with Gasteiger partial charge in [0.2, 0.25) is 5.95 Å². The van der Waals surface area contributed by atoms with Crippen molar-refractivity contribution in [3.63, 3.8) is 0 Å². The standard InChI is InChI=1S/C28H38N6O4S/c1-14-20(25-33-21-15(2)29-10-7-19(21)39-25)24(32-18-11-17(27(3,4)37)22(35)23(18)36)34-26(30-14)31-16-12-28(38-13-16)8-5-6-9-28/h7,10,16-18,22-23,35-37H,5-6,8-9,11-13H2,1-4H3,(H2,30,31,32,34)/t16?,17-,18?,22+,23-/m0/s1. The fourth-order valence-electron chi connectivity index (χ4n) is 6.63. The number of rotatable bonds is 6. The third kappa shape index (κ3) is 4.99. The van der Waals surface area contributed by atoms with Crippen LogP contribution in [0.4, 0.5) is 11.8 Å². The molecule has 0 amide bonds. The Bertz CT molecular complexity index is 1370. The Morgan fingerprint density at radius 3 is 2.51 bits per heavy atom. The van der Waals surface area contributed by atoms with Gasteiger partial charge >= 0.3 is 0 Å². The molecular formula is C28H38N6O4S. The van der Waals surface area contributed by atoms with Crippen LogP contribution in [0.25, 0.3) is 20.8 Å². The Kier molecular flexibility index (Phi) is 6.78. The van der Waals surface area contributed by atoms with Crippen molar-refractivity contribution in [3.05, 3.63) is 23.7 Å². The number of thiazole rings is 1. The molecule has 5 atom stereocenters. The summed E-state index contributed by atoms with van der Waals surface area (Å²) in [5.41, 5.74) is 2.05. The minimum absolute atomic E-state index is 0.0170. The third-order valence-electron chi connectivity index (χ3n) is 8.76. The number of aliphatic hydroxyl groups is 3. The highest BCUT2D eigenvalue weighted by Crippen LogP contribution is 2.43. The summed E-state index contributed by atoms with van der Waals surface area (Å²) >= 11 is 1.54. The van der Waals surface area contributed by atoms with E-state index in [1.165, 1.54) is 12.8 Å². The molecule has 4 heterocycles. The van der Waals surface area contributed by atoms with Crippen LogP contribution in [0, 0.1) is 19.8 Å². The smallest absolute Gasteiger partial charge is 0.225 e. The van der Waals surface area contributed by atoms with Crippen molar-refractivity contribution >= 4 is 33.3 Å². The molecule has 3 aromatic rings. The van der Waals surface area contributed by atoms with Crippen molar-refractivity contribution in [1.29, 1.82) is 0 Å². The van der Waals surface area contributed by atoms with Gasteiger partial charge in [-0.1, -0.05) is 12.8 Å². The molecule has 11 heteroatoms. The second-order valence-corrected chi connectivity index (χ2v) is 13.1. The van der Waals surface area contributed by atoms with E-state index in [4.69, 9.17) is 19.7 Å². The van der Waals surface area contributed by atoms with E-state index in [1.807, 2.05) is 19.9 Å². The highest BCUT2D eigenvalue weighted by molar-refractivity contribution is 7.21. The Morgan fingerprint density at radius 2 is 1.82 bits per heavy atom. The Balaban J connectivity index is 1.35. The van der Waals surface area contributed by atoms with E-state index in [-0.39, 0.29) is 11.6 Å². The minimum atomic E-state index is -1.13. The van der Waals surface area contributed by atoms with E-state index in [1.54, 1.807) is 31.4 Å². The molecule has 0 aromatic carbocycles. The molecule has 2 unspecified atom stereocenters. The average molecular weight is 555 g/mol. The van der Waals surface area contributed by atoms with Gasteiger partial charge in [-0.15, -0.1) is 11.3 Å². The molecule has 1 saturated heterocycles. The fourth-order valence-corrected chi connectivity index (χ4v) is 7.74. The van der Waals surface area contributed by atoms with Gasteiger partial charge in [-0.3, -0.25) is 4.98 Å². The van der Waals surface area contributed by atoms with Crippen LogP contribution in [-0.4, -0.2) is 77.4 Å². The first-order valence-electron chi connectivity index (χ1n) is 13.9. The van der Waals surface area contributed by atoms with Gasteiger partial charge in [-0.05, 0) is 59.4 Å². The van der Waals surface area contributed by atoms with Crippen LogP contribution in [-0.2, 0) is 4.74 Å². The van der Waals surface area contributed by atoms with Gasteiger partial charge < -0.3 is 30.7 Å². The molecule has 5 N–H and O–H groups in total. The van der Waals surface area contributed by atoms with Crippen molar-refractivity contribution in [2.45, 2.75) is 102 Å². The molecule has 0 radical (unpaired) electrons. The number of nitrogens with zero attached hydrogens (tertiary/aromatic N) is 4. The minimum Gasteiger partial charge on any atom is -0.390 e. The quantitative estimate of drug-likeness (QED) is 0.306. The fraction of sp³-hybridized carbons (Fsp3) is 0.643. The van der Waals surface area contributed by atoms with Gasteiger partial charge in [-0.25, -0.2) is 9.97 Å². The van der Waals surface area contributed by atoms with Crippen molar-refractivity contribution in [2.24, 2.45) is 5.92 Å². The SMILES string of the molecule is Cc1nc(NC2COC3(CCCC3)C2)nc(NC2C[C@H](C(C)(C)O)[C@@H](O)[C@H]2O)c1-c1nc2c(C)nccc2s1. The van der Waals surface area contributed by atoms with E-state index in [0.717, 1.165) is 51.4 Å². The zero-order chi connectivity index (χ0) is 27.5. The zero-order valence-corrected chi connectivity index (χ0v) is 23.8. The molecular weight excluding hydrogens is 516 g/mol. The van der Waals surface area contributed by atoms with Crippen LogP contribution in [0.3, 0.4) is 0 Å². The zero-order valence-electron chi connectivity index (χ0n) is 22.9. The number of aromatic nitrogens is 4. The van der Waals surface area contributed by atoms with Crippen molar-refractivity contribution in [1.82, 2.24) is 19.9 Å². The summed E-state index contributed by atoms with van der Waals surface area (Å²) in [6.07, 6.45) is 5.62. The molecule has 3 aromatic heterocycles. The molecule has 6 rings (SSSR count). The number of hydrogen-bond acceptors (Lipinski definition) is 11. The van der Waals surface area contributed by atoms with Gasteiger partial charge in [0.25, 0.3) is 0 Å². The average Bonchev–Trinajstić information content (AvgIpc) is 3.65. The van der Waals surface area contributed by atoms with E-state index < -0.39 is 29.8 Å². The number of aliphatic hydroxyl groups excluding tert-OH is 2. The molecule has 1 aliphatic heterocycles. The highest BCUT2D eigenvalue weighted by Gasteiger charge is 2.48. The number of hydrogen-bond donors (Lipinski definition) is 5. The normalized spacial score (nSPS) is 28.5. The number of nitrogens with one attached hydrogen (secondary N) is 2. The second kappa shape index (κ2) is 9.88. The molecule has 39 heavy (non-hydrogen) atoms. The third-order valence-corrected chi connectivity index (χ3v) is 9.80. The van der Waals surface area contributed by atoms with Gasteiger partial charge in [-0.2, -0.15) is 4.98 Å². The summed E-state index contributed by atoms with van der Waals surface area (Å²) in [6, 6.07) is 1.56. The second-order valence-electron chi connectivity index (χ2n) is 12.1.